The molecule has 0 aliphatic carbocycles. The largest absolute Gasteiger partial charge is 0.494 e. The van der Waals surface area contributed by atoms with Crippen LogP contribution in [0.2, 0.25) is 0 Å². The molecule has 0 fully saturated rings. The van der Waals surface area contributed by atoms with Crippen LogP contribution in [0.1, 0.15) is 35.9 Å². The molecule has 0 saturated heterocycles. The van der Waals surface area contributed by atoms with Crippen molar-refractivity contribution in [1.82, 2.24) is 4.57 Å². The lowest BCUT2D eigenvalue weighted by Crippen LogP contribution is -2.39. The number of carbonyl (C=O) groups excluding carboxylic acids is 1. The van der Waals surface area contributed by atoms with Gasteiger partial charge in [0.05, 0.1) is 35.1 Å². The van der Waals surface area contributed by atoms with Gasteiger partial charge in [0.1, 0.15) is 5.75 Å². The molecule has 1 atom stereocenters. The van der Waals surface area contributed by atoms with Gasteiger partial charge in [-0.25, -0.2) is 9.79 Å². The van der Waals surface area contributed by atoms with Crippen LogP contribution >= 0.6 is 22.7 Å². The fraction of sp³-hybridized carbons (Fsp3) is 0.179. The first kappa shape index (κ1) is 24.0. The smallest absolute Gasteiger partial charge is 0.338 e. The summed E-state index contributed by atoms with van der Waals surface area (Å²) in [5.74, 6) is 0.225. The maximum Gasteiger partial charge on any atom is 0.338 e. The molecule has 1 aliphatic rings. The predicted octanol–water partition coefficient (Wildman–Crippen LogP) is 4.40. The third kappa shape index (κ3) is 4.57. The fourth-order valence-corrected chi connectivity index (χ4v) is 5.90. The quantitative estimate of drug-likeness (QED) is 0.342. The van der Waals surface area contributed by atoms with Crippen molar-refractivity contribution >= 4 is 40.4 Å². The third-order valence-electron chi connectivity index (χ3n) is 5.70. The lowest BCUT2D eigenvalue weighted by Gasteiger charge is -2.26. The number of carbonyl (C=O) groups is 1. The van der Waals surface area contributed by atoms with Crippen molar-refractivity contribution in [2.75, 3.05) is 13.2 Å². The van der Waals surface area contributed by atoms with E-state index in [1.807, 2.05) is 85.1 Å². The van der Waals surface area contributed by atoms with Gasteiger partial charge in [0, 0.05) is 10.4 Å². The molecule has 0 N–H and O–H groups in total. The van der Waals surface area contributed by atoms with E-state index < -0.39 is 12.0 Å². The Labute approximate surface area is 216 Å². The Hall–Kier alpha value is -3.75. The van der Waals surface area contributed by atoms with Gasteiger partial charge in [-0.3, -0.25) is 9.36 Å². The second kappa shape index (κ2) is 10.5. The summed E-state index contributed by atoms with van der Waals surface area (Å²) in [6.07, 6.45) is 1.87. The van der Waals surface area contributed by atoms with Crippen LogP contribution in [0.4, 0.5) is 0 Å². The first-order valence-electron chi connectivity index (χ1n) is 11.7. The van der Waals surface area contributed by atoms with Gasteiger partial charge >= 0.3 is 5.97 Å². The van der Waals surface area contributed by atoms with Gasteiger partial charge in [0.2, 0.25) is 0 Å². The number of nitrogens with zero attached hydrogens (tertiary/aromatic N) is 2. The van der Waals surface area contributed by atoms with Crippen molar-refractivity contribution in [1.29, 1.82) is 0 Å². The van der Waals surface area contributed by atoms with E-state index >= 15 is 0 Å². The zero-order chi connectivity index (χ0) is 25.1. The van der Waals surface area contributed by atoms with Gasteiger partial charge in [0.15, 0.2) is 4.80 Å². The minimum absolute atomic E-state index is 0.194. The van der Waals surface area contributed by atoms with Crippen molar-refractivity contribution in [3.63, 3.8) is 0 Å². The summed E-state index contributed by atoms with van der Waals surface area (Å²) in [5.41, 5.74) is 2.21. The number of aromatic nitrogens is 1. The molecule has 3 heterocycles. The highest BCUT2D eigenvalue weighted by Crippen LogP contribution is 2.35. The van der Waals surface area contributed by atoms with Crippen molar-refractivity contribution in [3.05, 3.63) is 113 Å². The van der Waals surface area contributed by atoms with Crippen LogP contribution in [-0.2, 0) is 9.53 Å². The molecular formula is C28H24N2O4S2. The Morgan fingerprint density at radius 3 is 2.47 bits per heavy atom. The van der Waals surface area contributed by atoms with Gasteiger partial charge in [-0.1, -0.05) is 59.9 Å². The van der Waals surface area contributed by atoms with E-state index in [0.717, 1.165) is 21.8 Å². The summed E-state index contributed by atoms with van der Waals surface area (Å²) >= 11 is 2.88. The highest BCUT2D eigenvalue weighted by atomic mass is 32.1. The zero-order valence-electron chi connectivity index (χ0n) is 19.8. The average Bonchev–Trinajstić information content (AvgIpc) is 3.52. The number of rotatable bonds is 7. The summed E-state index contributed by atoms with van der Waals surface area (Å²) in [6, 6.07) is 20.2. The molecule has 8 heteroatoms. The normalized spacial score (nSPS) is 15.4. The molecule has 0 bridgehead atoms. The minimum Gasteiger partial charge on any atom is -0.494 e. The molecule has 0 radical (unpaired) electrons. The van der Waals surface area contributed by atoms with E-state index in [4.69, 9.17) is 14.5 Å². The fourth-order valence-electron chi connectivity index (χ4n) is 4.17. The van der Waals surface area contributed by atoms with Crippen LogP contribution in [0.25, 0.3) is 11.8 Å². The molecule has 0 spiro atoms. The highest BCUT2D eigenvalue weighted by molar-refractivity contribution is 7.11. The number of thiophene rings is 1. The average molecular weight is 517 g/mol. The monoisotopic (exact) mass is 516 g/mol. The number of thiazole rings is 1. The van der Waals surface area contributed by atoms with Crippen molar-refractivity contribution in [3.8, 4) is 5.75 Å². The highest BCUT2D eigenvalue weighted by Gasteiger charge is 2.35. The summed E-state index contributed by atoms with van der Waals surface area (Å²) in [7, 11) is 0. The second-order valence-corrected chi connectivity index (χ2v) is 9.94. The number of benzene rings is 2. The SMILES string of the molecule is CCOC(=O)C1=C(c2ccccc2)N=c2s/c(=C/c3cccs3)c(=O)n2C1c1ccc(OCC)cc1. The second-order valence-electron chi connectivity index (χ2n) is 7.95. The number of hydrogen-bond donors (Lipinski definition) is 0. The van der Waals surface area contributed by atoms with Crippen LogP contribution < -0.4 is 19.6 Å². The summed E-state index contributed by atoms with van der Waals surface area (Å²) in [6.45, 7) is 4.45. The van der Waals surface area contributed by atoms with Crippen molar-refractivity contribution < 1.29 is 14.3 Å². The molecule has 0 saturated carbocycles. The first-order chi connectivity index (χ1) is 17.6. The molecule has 2 aromatic heterocycles. The summed E-state index contributed by atoms with van der Waals surface area (Å²) in [5, 5.41) is 1.97. The standard InChI is InChI=1S/C28H24N2O4S2/c1-3-33-20-14-12-19(13-15-20)25-23(27(32)34-4-2)24(18-9-6-5-7-10-18)29-28-30(25)26(31)22(36-28)17-21-11-8-16-35-21/h5-17,25H,3-4H2,1-2H3/b22-17+. The lowest BCUT2D eigenvalue weighted by molar-refractivity contribution is -0.138. The van der Waals surface area contributed by atoms with E-state index in [9.17, 15) is 9.59 Å². The predicted molar refractivity (Wildman–Crippen MR) is 143 cm³/mol. The number of ether oxygens (including phenoxy) is 2. The van der Waals surface area contributed by atoms with Gasteiger partial charge in [-0.05, 0) is 49.1 Å². The maximum absolute atomic E-state index is 13.7. The van der Waals surface area contributed by atoms with E-state index in [2.05, 4.69) is 0 Å². The third-order valence-corrected chi connectivity index (χ3v) is 7.50. The Bertz CT molecular complexity index is 1580. The van der Waals surface area contributed by atoms with E-state index in [1.165, 1.54) is 11.3 Å². The summed E-state index contributed by atoms with van der Waals surface area (Å²) in [4.78, 5) is 33.6. The summed E-state index contributed by atoms with van der Waals surface area (Å²) < 4.78 is 13.3. The van der Waals surface area contributed by atoms with Crippen molar-refractivity contribution in [2.24, 2.45) is 4.99 Å². The lowest BCUT2D eigenvalue weighted by atomic mass is 9.93. The van der Waals surface area contributed by atoms with Gasteiger partial charge in [-0.2, -0.15) is 0 Å². The zero-order valence-corrected chi connectivity index (χ0v) is 21.5. The maximum atomic E-state index is 13.7. The molecule has 2 aromatic carbocycles. The Balaban J connectivity index is 1.80. The molecule has 1 unspecified atom stereocenters. The molecular weight excluding hydrogens is 492 g/mol. The Morgan fingerprint density at radius 2 is 1.81 bits per heavy atom. The molecule has 182 valence electrons. The minimum atomic E-state index is -0.698. The van der Waals surface area contributed by atoms with E-state index in [1.54, 1.807) is 22.8 Å². The van der Waals surface area contributed by atoms with Crippen LogP contribution in [0.15, 0.2) is 87.5 Å². The number of esters is 1. The van der Waals surface area contributed by atoms with Crippen LogP contribution in [0.5, 0.6) is 5.75 Å². The number of hydrogen-bond acceptors (Lipinski definition) is 7. The van der Waals surface area contributed by atoms with E-state index in [0.29, 0.717) is 27.2 Å². The number of fused-ring (bicyclic) bond motifs is 1. The Kier molecular flexibility index (Phi) is 6.97. The van der Waals surface area contributed by atoms with Crippen LogP contribution in [-0.4, -0.2) is 23.8 Å². The van der Waals surface area contributed by atoms with Crippen LogP contribution in [0, 0.1) is 0 Å². The van der Waals surface area contributed by atoms with E-state index in [-0.39, 0.29) is 12.2 Å². The van der Waals surface area contributed by atoms with Crippen molar-refractivity contribution in [2.45, 2.75) is 19.9 Å². The Morgan fingerprint density at radius 1 is 1.03 bits per heavy atom. The topological polar surface area (TPSA) is 69.9 Å². The molecule has 4 aromatic rings. The molecule has 5 rings (SSSR count). The van der Waals surface area contributed by atoms with Gasteiger partial charge in [0.25, 0.3) is 5.56 Å². The van der Waals surface area contributed by atoms with Crippen LogP contribution in [0.3, 0.4) is 0 Å². The molecule has 0 amide bonds. The first-order valence-corrected chi connectivity index (χ1v) is 13.3. The molecule has 6 nitrogen and oxygen atoms in total. The van der Waals surface area contributed by atoms with Gasteiger partial charge < -0.3 is 9.47 Å². The molecule has 1 aliphatic heterocycles. The molecule has 36 heavy (non-hydrogen) atoms. The van der Waals surface area contributed by atoms with Gasteiger partial charge in [-0.15, -0.1) is 11.3 Å².